The molecule has 3 nitrogen and oxygen atoms in total. The predicted molar refractivity (Wildman–Crippen MR) is 52.3 cm³/mol. The van der Waals surface area contributed by atoms with Crippen molar-refractivity contribution in [1.82, 2.24) is 0 Å². The maximum absolute atomic E-state index is 11.4. The maximum atomic E-state index is 11.4. The smallest absolute Gasteiger partial charge is 0.379 e. The van der Waals surface area contributed by atoms with Crippen LogP contribution in [0.25, 0.3) is 0 Å². The standard InChI is InChI=1S/C11H12O3/c1-7-4-5-9(8(2)6-7)10(12)11(13)14-3/h4-6H,1-3H3. The van der Waals surface area contributed by atoms with Gasteiger partial charge in [0.1, 0.15) is 0 Å². The number of ketones is 1. The van der Waals surface area contributed by atoms with E-state index in [9.17, 15) is 9.59 Å². The van der Waals surface area contributed by atoms with Crippen LogP contribution in [0, 0.1) is 13.8 Å². The van der Waals surface area contributed by atoms with E-state index in [1.54, 1.807) is 19.1 Å². The molecule has 0 fully saturated rings. The van der Waals surface area contributed by atoms with Gasteiger partial charge in [-0.05, 0) is 19.4 Å². The van der Waals surface area contributed by atoms with Crippen LogP contribution in [-0.4, -0.2) is 18.9 Å². The summed E-state index contributed by atoms with van der Waals surface area (Å²) in [5.74, 6) is -1.41. The first-order valence-corrected chi connectivity index (χ1v) is 4.26. The first kappa shape index (κ1) is 10.4. The highest BCUT2D eigenvalue weighted by molar-refractivity contribution is 6.40. The van der Waals surface area contributed by atoms with Gasteiger partial charge in [0, 0.05) is 5.56 Å². The number of esters is 1. The Morgan fingerprint density at radius 1 is 1.21 bits per heavy atom. The minimum Gasteiger partial charge on any atom is -0.463 e. The molecule has 0 aromatic heterocycles. The highest BCUT2D eigenvalue weighted by Gasteiger charge is 2.18. The molecule has 14 heavy (non-hydrogen) atoms. The van der Waals surface area contributed by atoms with E-state index >= 15 is 0 Å². The van der Waals surface area contributed by atoms with Crippen LogP contribution in [0.3, 0.4) is 0 Å². The zero-order chi connectivity index (χ0) is 10.7. The van der Waals surface area contributed by atoms with Gasteiger partial charge < -0.3 is 4.74 Å². The molecule has 0 spiro atoms. The van der Waals surface area contributed by atoms with Gasteiger partial charge in [-0.15, -0.1) is 0 Å². The molecule has 0 amide bonds. The molecule has 0 radical (unpaired) electrons. The van der Waals surface area contributed by atoms with Gasteiger partial charge in [0.15, 0.2) is 0 Å². The van der Waals surface area contributed by atoms with Gasteiger partial charge in [-0.2, -0.15) is 0 Å². The summed E-state index contributed by atoms with van der Waals surface area (Å²) in [6.07, 6.45) is 0. The molecule has 0 bridgehead atoms. The Hall–Kier alpha value is -1.64. The maximum Gasteiger partial charge on any atom is 0.379 e. The number of Topliss-reactive ketones (excluding diaryl/α,β-unsaturated/α-hetero) is 1. The predicted octanol–water partition coefficient (Wildman–Crippen LogP) is 1.66. The third-order valence-electron chi connectivity index (χ3n) is 2.00. The minimum atomic E-state index is -0.822. The molecular formula is C11H12O3. The van der Waals surface area contributed by atoms with Crippen LogP contribution in [0.2, 0.25) is 0 Å². The van der Waals surface area contributed by atoms with Gasteiger partial charge in [-0.3, -0.25) is 4.79 Å². The van der Waals surface area contributed by atoms with Crippen LogP contribution in [0.4, 0.5) is 0 Å². The lowest BCUT2D eigenvalue weighted by atomic mass is 10.0. The van der Waals surface area contributed by atoms with Crippen molar-refractivity contribution < 1.29 is 14.3 Å². The molecule has 0 aliphatic carbocycles. The largest absolute Gasteiger partial charge is 0.463 e. The fraction of sp³-hybridized carbons (Fsp3) is 0.273. The molecule has 0 saturated heterocycles. The first-order chi connectivity index (χ1) is 6.56. The highest BCUT2D eigenvalue weighted by atomic mass is 16.5. The molecule has 0 unspecified atom stereocenters. The third-order valence-corrected chi connectivity index (χ3v) is 2.00. The number of carbonyl (C=O) groups excluding carboxylic acids is 2. The molecule has 0 N–H and O–H groups in total. The Morgan fingerprint density at radius 3 is 2.36 bits per heavy atom. The highest BCUT2D eigenvalue weighted by Crippen LogP contribution is 2.11. The first-order valence-electron chi connectivity index (χ1n) is 4.26. The van der Waals surface area contributed by atoms with Gasteiger partial charge in [0.05, 0.1) is 7.11 Å². The topological polar surface area (TPSA) is 43.4 Å². The zero-order valence-corrected chi connectivity index (χ0v) is 8.46. The third kappa shape index (κ3) is 1.99. The van der Waals surface area contributed by atoms with Gasteiger partial charge in [-0.25, -0.2) is 4.79 Å². The SMILES string of the molecule is COC(=O)C(=O)c1ccc(C)cc1C. The van der Waals surface area contributed by atoms with Crippen molar-refractivity contribution in [3.63, 3.8) is 0 Å². The number of hydrogen-bond acceptors (Lipinski definition) is 3. The molecular weight excluding hydrogens is 180 g/mol. The van der Waals surface area contributed by atoms with Crippen molar-refractivity contribution >= 4 is 11.8 Å². The van der Waals surface area contributed by atoms with Crippen molar-refractivity contribution in [1.29, 1.82) is 0 Å². The van der Waals surface area contributed by atoms with Gasteiger partial charge in [0.2, 0.25) is 0 Å². The van der Waals surface area contributed by atoms with E-state index < -0.39 is 11.8 Å². The number of ether oxygens (including phenoxy) is 1. The number of benzene rings is 1. The molecule has 1 rings (SSSR count). The summed E-state index contributed by atoms with van der Waals surface area (Å²) in [6.45, 7) is 3.72. The second-order valence-electron chi connectivity index (χ2n) is 3.14. The molecule has 0 atom stereocenters. The molecule has 1 aromatic carbocycles. The van der Waals surface area contributed by atoms with E-state index in [0.29, 0.717) is 5.56 Å². The van der Waals surface area contributed by atoms with Crippen LogP contribution < -0.4 is 0 Å². The van der Waals surface area contributed by atoms with Crippen LogP contribution >= 0.6 is 0 Å². The Bertz CT molecular complexity index is 380. The van der Waals surface area contributed by atoms with Crippen LogP contribution in [0.1, 0.15) is 21.5 Å². The summed E-state index contributed by atoms with van der Waals surface area (Å²) in [4.78, 5) is 22.4. The summed E-state index contributed by atoms with van der Waals surface area (Å²) in [5, 5.41) is 0. The van der Waals surface area contributed by atoms with E-state index in [1.807, 2.05) is 13.0 Å². The summed E-state index contributed by atoms with van der Waals surface area (Å²) in [5.41, 5.74) is 2.26. The molecule has 0 heterocycles. The number of rotatable bonds is 2. The van der Waals surface area contributed by atoms with Crippen LogP contribution in [-0.2, 0) is 9.53 Å². The molecule has 0 aliphatic rings. The van der Waals surface area contributed by atoms with Crippen LogP contribution in [0.15, 0.2) is 18.2 Å². The zero-order valence-electron chi connectivity index (χ0n) is 8.46. The molecule has 0 saturated carbocycles. The normalized spacial score (nSPS) is 9.64. The quantitative estimate of drug-likeness (QED) is 0.406. The van der Waals surface area contributed by atoms with Crippen molar-refractivity contribution in [2.24, 2.45) is 0 Å². The molecule has 3 heteroatoms. The van der Waals surface area contributed by atoms with E-state index in [0.717, 1.165) is 11.1 Å². The van der Waals surface area contributed by atoms with Crippen LogP contribution in [0.5, 0.6) is 0 Å². The monoisotopic (exact) mass is 192 g/mol. The fourth-order valence-electron chi connectivity index (χ4n) is 1.27. The lowest BCUT2D eigenvalue weighted by Gasteiger charge is -2.03. The molecule has 0 aliphatic heterocycles. The summed E-state index contributed by atoms with van der Waals surface area (Å²) >= 11 is 0. The molecule has 1 aromatic rings. The van der Waals surface area contributed by atoms with Gasteiger partial charge in [0.25, 0.3) is 5.78 Å². The Kier molecular flexibility index (Phi) is 3.02. The number of methoxy groups -OCH3 is 1. The summed E-state index contributed by atoms with van der Waals surface area (Å²) in [6, 6.07) is 5.29. The second kappa shape index (κ2) is 4.05. The van der Waals surface area contributed by atoms with Gasteiger partial charge >= 0.3 is 5.97 Å². The summed E-state index contributed by atoms with van der Waals surface area (Å²) < 4.78 is 4.36. The number of carbonyl (C=O) groups is 2. The van der Waals surface area contributed by atoms with Gasteiger partial charge in [-0.1, -0.05) is 23.8 Å². The fourth-order valence-corrected chi connectivity index (χ4v) is 1.27. The minimum absolute atomic E-state index is 0.405. The second-order valence-corrected chi connectivity index (χ2v) is 3.14. The lowest BCUT2D eigenvalue weighted by Crippen LogP contribution is -2.16. The van der Waals surface area contributed by atoms with Crippen molar-refractivity contribution in [2.45, 2.75) is 13.8 Å². The van der Waals surface area contributed by atoms with E-state index in [4.69, 9.17) is 0 Å². The van der Waals surface area contributed by atoms with Crippen molar-refractivity contribution in [3.8, 4) is 0 Å². The Balaban J connectivity index is 3.08. The lowest BCUT2D eigenvalue weighted by molar-refractivity contribution is -0.135. The number of aryl methyl sites for hydroxylation is 2. The average molecular weight is 192 g/mol. The molecule has 74 valence electrons. The average Bonchev–Trinajstić information content (AvgIpc) is 2.15. The van der Waals surface area contributed by atoms with Crippen molar-refractivity contribution in [2.75, 3.05) is 7.11 Å². The van der Waals surface area contributed by atoms with Crippen molar-refractivity contribution in [3.05, 3.63) is 34.9 Å². The summed E-state index contributed by atoms with van der Waals surface area (Å²) in [7, 11) is 1.20. The van der Waals surface area contributed by atoms with E-state index in [-0.39, 0.29) is 0 Å². The van der Waals surface area contributed by atoms with E-state index in [1.165, 1.54) is 7.11 Å². The number of hydrogen-bond donors (Lipinski definition) is 0. The Morgan fingerprint density at radius 2 is 1.86 bits per heavy atom. The Labute approximate surface area is 82.7 Å². The van der Waals surface area contributed by atoms with E-state index in [2.05, 4.69) is 4.74 Å².